The van der Waals surface area contributed by atoms with Crippen molar-refractivity contribution in [2.75, 3.05) is 13.2 Å². The van der Waals surface area contributed by atoms with Gasteiger partial charge in [-0.2, -0.15) is 0 Å². The van der Waals surface area contributed by atoms with E-state index in [1.54, 1.807) is 0 Å². The summed E-state index contributed by atoms with van der Waals surface area (Å²) in [5, 5.41) is 3.79. The lowest BCUT2D eigenvalue weighted by Crippen LogP contribution is -2.44. The van der Waals surface area contributed by atoms with Crippen LogP contribution >= 0.6 is 0 Å². The van der Waals surface area contributed by atoms with Crippen LogP contribution in [0.1, 0.15) is 78.6 Å². The Labute approximate surface area is 126 Å². The monoisotopic (exact) mass is 281 g/mol. The van der Waals surface area contributed by atoms with Crippen LogP contribution in [0.25, 0.3) is 0 Å². The lowest BCUT2D eigenvalue weighted by Gasteiger charge is -2.43. The molecular weight excluding hydrogens is 246 g/mol. The summed E-state index contributed by atoms with van der Waals surface area (Å²) in [6, 6.07) is 0.719. The summed E-state index contributed by atoms with van der Waals surface area (Å²) in [4.78, 5) is 0. The molecule has 1 N–H and O–H groups in total. The van der Waals surface area contributed by atoms with Crippen LogP contribution < -0.4 is 5.32 Å². The fraction of sp³-hybridized carbons (Fsp3) is 1.00. The second-order valence-electron chi connectivity index (χ2n) is 7.57. The van der Waals surface area contributed by atoms with Gasteiger partial charge in [-0.05, 0) is 62.8 Å². The van der Waals surface area contributed by atoms with Crippen molar-refractivity contribution in [1.82, 2.24) is 5.32 Å². The molecule has 118 valence electrons. The van der Waals surface area contributed by atoms with Gasteiger partial charge in [0.05, 0.1) is 6.10 Å². The zero-order chi connectivity index (χ0) is 14.4. The molecule has 2 fully saturated rings. The molecular formula is C18H35NO. The average Bonchev–Trinajstić information content (AvgIpc) is 2.91. The molecule has 0 radical (unpaired) electrons. The maximum Gasteiger partial charge on any atom is 0.0576 e. The van der Waals surface area contributed by atoms with E-state index in [4.69, 9.17) is 4.74 Å². The van der Waals surface area contributed by atoms with Crippen molar-refractivity contribution in [3.63, 3.8) is 0 Å². The Bertz CT molecular complexity index is 271. The second kappa shape index (κ2) is 7.79. The molecule has 2 nitrogen and oxygen atoms in total. The number of hydrogen-bond acceptors (Lipinski definition) is 2. The van der Waals surface area contributed by atoms with Crippen molar-refractivity contribution in [3.8, 4) is 0 Å². The normalized spacial score (nSPS) is 31.4. The van der Waals surface area contributed by atoms with E-state index in [1.807, 2.05) is 0 Å². The Balaban J connectivity index is 1.81. The van der Waals surface area contributed by atoms with Crippen molar-refractivity contribution < 1.29 is 4.74 Å². The van der Waals surface area contributed by atoms with Crippen LogP contribution in [0.3, 0.4) is 0 Å². The van der Waals surface area contributed by atoms with Crippen LogP contribution in [0.5, 0.6) is 0 Å². The highest BCUT2D eigenvalue weighted by molar-refractivity contribution is 4.90. The van der Waals surface area contributed by atoms with Gasteiger partial charge in [0.1, 0.15) is 0 Å². The molecule has 0 amide bonds. The number of ether oxygens (including phenoxy) is 1. The van der Waals surface area contributed by atoms with Crippen molar-refractivity contribution in [3.05, 3.63) is 0 Å². The first-order valence-electron chi connectivity index (χ1n) is 8.98. The molecule has 1 aliphatic heterocycles. The van der Waals surface area contributed by atoms with Gasteiger partial charge >= 0.3 is 0 Å². The molecule has 3 atom stereocenters. The first kappa shape index (κ1) is 16.3. The molecule has 0 aromatic carbocycles. The standard InChI is InChI=1S/C18H35NO/c1-4-19-17(12-7-9-15-10-8-14-20-15)16-11-5-6-13-18(16,2)3/h15-17,19H,4-14H2,1-3H3. The summed E-state index contributed by atoms with van der Waals surface area (Å²) in [6.45, 7) is 9.33. The van der Waals surface area contributed by atoms with E-state index < -0.39 is 0 Å². The summed E-state index contributed by atoms with van der Waals surface area (Å²) in [7, 11) is 0. The van der Waals surface area contributed by atoms with Crippen molar-refractivity contribution in [1.29, 1.82) is 0 Å². The van der Waals surface area contributed by atoms with Crippen LogP contribution in [-0.2, 0) is 4.74 Å². The number of hydrogen-bond donors (Lipinski definition) is 1. The van der Waals surface area contributed by atoms with Crippen LogP contribution in [0.4, 0.5) is 0 Å². The molecule has 2 heteroatoms. The number of rotatable bonds is 7. The Morgan fingerprint density at radius 3 is 2.70 bits per heavy atom. The predicted molar refractivity (Wildman–Crippen MR) is 86.0 cm³/mol. The highest BCUT2D eigenvalue weighted by Crippen LogP contribution is 2.43. The zero-order valence-electron chi connectivity index (χ0n) is 13.9. The predicted octanol–water partition coefficient (Wildman–Crippen LogP) is 4.53. The van der Waals surface area contributed by atoms with Crippen molar-refractivity contribution in [2.24, 2.45) is 11.3 Å². The molecule has 0 aromatic rings. The first-order chi connectivity index (χ1) is 9.63. The highest BCUT2D eigenvalue weighted by atomic mass is 16.5. The third kappa shape index (κ3) is 4.46. The molecule has 1 saturated heterocycles. The fourth-order valence-electron chi connectivity index (χ4n) is 4.41. The minimum absolute atomic E-state index is 0.523. The van der Waals surface area contributed by atoms with Crippen LogP contribution in [-0.4, -0.2) is 25.3 Å². The maximum atomic E-state index is 5.76. The van der Waals surface area contributed by atoms with E-state index in [0.29, 0.717) is 11.5 Å². The largest absolute Gasteiger partial charge is 0.378 e. The minimum atomic E-state index is 0.523. The smallest absolute Gasteiger partial charge is 0.0576 e. The van der Waals surface area contributed by atoms with Crippen LogP contribution in [0.2, 0.25) is 0 Å². The molecule has 0 aromatic heterocycles. The third-order valence-electron chi connectivity index (χ3n) is 5.61. The van der Waals surface area contributed by atoms with E-state index in [0.717, 1.165) is 25.1 Å². The summed E-state index contributed by atoms with van der Waals surface area (Å²) in [5.41, 5.74) is 0.523. The molecule has 3 unspecified atom stereocenters. The van der Waals surface area contributed by atoms with E-state index in [9.17, 15) is 0 Å². The topological polar surface area (TPSA) is 21.3 Å². The molecule has 0 spiro atoms. The van der Waals surface area contributed by atoms with Gasteiger partial charge in [0, 0.05) is 12.6 Å². The Kier molecular flexibility index (Phi) is 6.35. The quantitative estimate of drug-likeness (QED) is 0.740. The van der Waals surface area contributed by atoms with E-state index in [2.05, 4.69) is 26.1 Å². The SMILES string of the molecule is CCNC(CCCC1CCCO1)C1CCCCC1(C)C. The van der Waals surface area contributed by atoms with E-state index in [1.165, 1.54) is 57.8 Å². The maximum absolute atomic E-state index is 5.76. The Morgan fingerprint density at radius 2 is 2.05 bits per heavy atom. The lowest BCUT2D eigenvalue weighted by molar-refractivity contribution is 0.0832. The molecule has 1 heterocycles. The van der Waals surface area contributed by atoms with Gasteiger partial charge in [0.15, 0.2) is 0 Å². The molecule has 2 aliphatic rings. The zero-order valence-corrected chi connectivity index (χ0v) is 13.9. The van der Waals surface area contributed by atoms with Crippen LogP contribution in [0.15, 0.2) is 0 Å². The Hall–Kier alpha value is -0.0800. The Morgan fingerprint density at radius 1 is 1.20 bits per heavy atom. The van der Waals surface area contributed by atoms with Crippen LogP contribution in [0, 0.1) is 11.3 Å². The van der Waals surface area contributed by atoms with Gasteiger partial charge in [0.2, 0.25) is 0 Å². The molecule has 0 bridgehead atoms. The molecule has 1 aliphatic carbocycles. The first-order valence-corrected chi connectivity index (χ1v) is 8.98. The lowest BCUT2D eigenvalue weighted by atomic mass is 9.65. The summed E-state index contributed by atoms with van der Waals surface area (Å²) >= 11 is 0. The summed E-state index contributed by atoms with van der Waals surface area (Å²) < 4.78 is 5.76. The number of nitrogens with one attached hydrogen (secondary N) is 1. The fourth-order valence-corrected chi connectivity index (χ4v) is 4.41. The average molecular weight is 281 g/mol. The third-order valence-corrected chi connectivity index (χ3v) is 5.61. The van der Waals surface area contributed by atoms with Gasteiger partial charge in [-0.15, -0.1) is 0 Å². The highest BCUT2D eigenvalue weighted by Gasteiger charge is 2.36. The van der Waals surface area contributed by atoms with Gasteiger partial charge in [0.25, 0.3) is 0 Å². The van der Waals surface area contributed by atoms with Crippen molar-refractivity contribution >= 4 is 0 Å². The van der Waals surface area contributed by atoms with Gasteiger partial charge in [-0.3, -0.25) is 0 Å². The van der Waals surface area contributed by atoms with Gasteiger partial charge in [-0.1, -0.05) is 33.6 Å². The van der Waals surface area contributed by atoms with Crippen molar-refractivity contribution in [2.45, 2.75) is 90.7 Å². The molecule has 2 rings (SSSR count). The molecule has 20 heavy (non-hydrogen) atoms. The van der Waals surface area contributed by atoms with E-state index >= 15 is 0 Å². The minimum Gasteiger partial charge on any atom is -0.378 e. The van der Waals surface area contributed by atoms with E-state index in [-0.39, 0.29) is 0 Å². The second-order valence-corrected chi connectivity index (χ2v) is 7.57. The molecule has 1 saturated carbocycles. The summed E-state index contributed by atoms with van der Waals surface area (Å²) in [6.07, 6.45) is 12.8. The summed E-state index contributed by atoms with van der Waals surface area (Å²) in [5.74, 6) is 0.862. The van der Waals surface area contributed by atoms with Gasteiger partial charge < -0.3 is 10.1 Å². The van der Waals surface area contributed by atoms with Gasteiger partial charge in [-0.25, -0.2) is 0 Å².